The predicted molar refractivity (Wildman–Crippen MR) is 79.8 cm³/mol. The number of nitrogens with one attached hydrogen (secondary N) is 1. The fourth-order valence-corrected chi connectivity index (χ4v) is 2.54. The number of hydrogen-bond acceptors (Lipinski definition) is 4. The fourth-order valence-electron chi connectivity index (χ4n) is 2.54. The standard InChI is InChI=1S/C15H24N4O2/c1-15(2,3)12-9-13(21-17-12)16-14(20)19-8-4-7-18(19)10-11-5-6-11/h9,11H,4-8,10H2,1-3H3,(H,16,20). The first-order chi connectivity index (χ1) is 9.93. The first kappa shape index (κ1) is 14.4. The molecular formula is C15H24N4O2. The minimum absolute atomic E-state index is 0.0852. The number of rotatable bonds is 3. The Balaban J connectivity index is 1.61. The molecule has 2 heterocycles. The second kappa shape index (κ2) is 5.33. The molecule has 1 N–H and O–H groups in total. The van der Waals surface area contributed by atoms with E-state index in [4.69, 9.17) is 4.52 Å². The van der Waals surface area contributed by atoms with Crippen LogP contribution in [0.5, 0.6) is 0 Å². The van der Waals surface area contributed by atoms with Crippen molar-refractivity contribution in [1.29, 1.82) is 0 Å². The number of carbonyl (C=O) groups is 1. The van der Waals surface area contributed by atoms with Gasteiger partial charge in [0.15, 0.2) is 0 Å². The normalized spacial score (nSPS) is 20.0. The highest BCUT2D eigenvalue weighted by molar-refractivity contribution is 5.87. The number of aromatic nitrogens is 1. The van der Waals surface area contributed by atoms with Crippen LogP contribution in [0.4, 0.5) is 10.7 Å². The summed E-state index contributed by atoms with van der Waals surface area (Å²) in [5.74, 6) is 1.19. The average Bonchev–Trinajstić information content (AvgIpc) is 2.89. The van der Waals surface area contributed by atoms with Gasteiger partial charge in [0.2, 0.25) is 5.88 Å². The summed E-state index contributed by atoms with van der Waals surface area (Å²) in [7, 11) is 0. The monoisotopic (exact) mass is 292 g/mol. The Morgan fingerprint density at radius 1 is 1.43 bits per heavy atom. The van der Waals surface area contributed by atoms with Gasteiger partial charge in [-0.25, -0.2) is 9.80 Å². The molecule has 6 heteroatoms. The van der Waals surface area contributed by atoms with Crippen molar-refractivity contribution >= 4 is 11.9 Å². The lowest BCUT2D eigenvalue weighted by molar-refractivity contribution is 0.0651. The third-order valence-electron chi connectivity index (χ3n) is 4.04. The van der Waals surface area contributed by atoms with E-state index < -0.39 is 0 Å². The summed E-state index contributed by atoms with van der Waals surface area (Å²) in [6, 6.07) is 1.68. The summed E-state index contributed by atoms with van der Waals surface area (Å²) < 4.78 is 5.22. The molecule has 6 nitrogen and oxygen atoms in total. The number of carbonyl (C=O) groups excluding carboxylic acids is 1. The van der Waals surface area contributed by atoms with Crippen LogP contribution in [0.1, 0.15) is 45.7 Å². The summed E-state index contributed by atoms with van der Waals surface area (Å²) in [6.07, 6.45) is 3.62. The zero-order valence-electron chi connectivity index (χ0n) is 13.1. The van der Waals surface area contributed by atoms with Gasteiger partial charge >= 0.3 is 6.03 Å². The Morgan fingerprint density at radius 3 is 2.81 bits per heavy atom. The van der Waals surface area contributed by atoms with E-state index in [9.17, 15) is 4.79 Å². The number of hydrazine groups is 1. The van der Waals surface area contributed by atoms with E-state index >= 15 is 0 Å². The van der Waals surface area contributed by atoms with Gasteiger partial charge in [0.1, 0.15) is 0 Å². The maximum absolute atomic E-state index is 12.4. The maximum Gasteiger partial charge on any atom is 0.338 e. The Bertz CT molecular complexity index is 516. The van der Waals surface area contributed by atoms with E-state index in [0.717, 1.165) is 37.7 Å². The van der Waals surface area contributed by atoms with Gasteiger partial charge in [-0.1, -0.05) is 25.9 Å². The summed E-state index contributed by atoms with van der Waals surface area (Å²) >= 11 is 0. The fraction of sp³-hybridized carbons (Fsp3) is 0.733. The van der Waals surface area contributed by atoms with E-state index in [2.05, 4.69) is 36.3 Å². The molecule has 0 spiro atoms. The molecule has 1 aromatic heterocycles. The lowest BCUT2D eigenvalue weighted by Crippen LogP contribution is -2.44. The minimum atomic E-state index is -0.121. The van der Waals surface area contributed by atoms with Gasteiger partial charge in [0.05, 0.1) is 5.69 Å². The quantitative estimate of drug-likeness (QED) is 0.930. The number of anilines is 1. The second-order valence-corrected chi connectivity index (χ2v) is 7.09. The van der Waals surface area contributed by atoms with Crippen LogP contribution >= 0.6 is 0 Å². The Morgan fingerprint density at radius 2 is 2.19 bits per heavy atom. The van der Waals surface area contributed by atoms with Crippen molar-refractivity contribution in [2.24, 2.45) is 5.92 Å². The lowest BCUT2D eigenvalue weighted by Gasteiger charge is -2.27. The number of hydrogen-bond donors (Lipinski definition) is 1. The summed E-state index contributed by atoms with van der Waals surface area (Å²) in [6.45, 7) is 8.93. The van der Waals surface area contributed by atoms with Gasteiger partial charge in [-0.3, -0.25) is 10.3 Å². The van der Waals surface area contributed by atoms with Crippen LogP contribution < -0.4 is 5.32 Å². The molecule has 0 unspecified atom stereocenters. The minimum Gasteiger partial charge on any atom is -0.338 e. The van der Waals surface area contributed by atoms with Gasteiger partial charge in [-0.15, -0.1) is 0 Å². The highest BCUT2D eigenvalue weighted by atomic mass is 16.5. The summed E-state index contributed by atoms with van der Waals surface area (Å²) in [5, 5.41) is 10.8. The number of amides is 2. The van der Waals surface area contributed by atoms with Crippen molar-refractivity contribution in [2.45, 2.75) is 45.4 Å². The molecule has 0 bridgehead atoms. The van der Waals surface area contributed by atoms with Gasteiger partial charge in [0, 0.05) is 31.1 Å². The van der Waals surface area contributed by atoms with Crippen molar-refractivity contribution in [3.05, 3.63) is 11.8 Å². The highest BCUT2D eigenvalue weighted by Gasteiger charge is 2.32. The molecule has 1 aromatic rings. The van der Waals surface area contributed by atoms with E-state index in [0.29, 0.717) is 5.88 Å². The zero-order chi connectivity index (χ0) is 15.0. The molecule has 1 saturated carbocycles. The largest absolute Gasteiger partial charge is 0.338 e. The first-order valence-electron chi connectivity index (χ1n) is 7.74. The molecule has 1 saturated heterocycles. The summed E-state index contributed by atoms with van der Waals surface area (Å²) in [5.41, 5.74) is 0.757. The molecule has 0 radical (unpaired) electrons. The van der Waals surface area contributed by atoms with Crippen molar-refractivity contribution in [1.82, 2.24) is 15.2 Å². The molecule has 2 fully saturated rings. The van der Waals surface area contributed by atoms with Crippen molar-refractivity contribution in [3.8, 4) is 0 Å². The Kier molecular flexibility index (Phi) is 3.65. The molecule has 2 aliphatic rings. The van der Waals surface area contributed by atoms with Gasteiger partial charge in [-0.05, 0) is 25.2 Å². The van der Waals surface area contributed by atoms with E-state index in [1.54, 1.807) is 11.1 Å². The molecule has 2 amide bonds. The molecule has 0 atom stereocenters. The average molecular weight is 292 g/mol. The molecule has 1 aliphatic carbocycles. The van der Waals surface area contributed by atoms with E-state index in [1.165, 1.54) is 12.8 Å². The SMILES string of the molecule is CC(C)(C)c1cc(NC(=O)N2CCCN2CC2CC2)on1. The molecule has 3 rings (SSSR count). The van der Waals surface area contributed by atoms with Gasteiger partial charge < -0.3 is 4.52 Å². The van der Waals surface area contributed by atoms with Gasteiger partial charge in [0.25, 0.3) is 0 Å². The third-order valence-corrected chi connectivity index (χ3v) is 4.04. The van der Waals surface area contributed by atoms with Crippen LogP contribution in [-0.2, 0) is 5.41 Å². The van der Waals surface area contributed by atoms with Gasteiger partial charge in [-0.2, -0.15) is 0 Å². The van der Waals surface area contributed by atoms with Crippen LogP contribution in [0.25, 0.3) is 0 Å². The van der Waals surface area contributed by atoms with Crippen LogP contribution in [0, 0.1) is 5.92 Å². The number of urea groups is 1. The summed E-state index contributed by atoms with van der Waals surface area (Å²) in [4.78, 5) is 12.4. The van der Waals surface area contributed by atoms with Crippen LogP contribution in [0.3, 0.4) is 0 Å². The second-order valence-electron chi connectivity index (χ2n) is 7.09. The number of nitrogens with zero attached hydrogens (tertiary/aromatic N) is 3. The zero-order valence-corrected chi connectivity index (χ0v) is 13.1. The van der Waals surface area contributed by atoms with Crippen molar-refractivity contribution in [2.75, 3.05) is 25.0 Å². The molecular weight excluding hydrogens is 268 g/mol. The molecule has 21 heavy (non-hydrogen) atoms. The topological polar surface area (TPSA) is 61.6 Å². The smallest absolute Gasteiger partial charge is 0.338 e. The lowest BCUT2D eigenvalue weighted by atomic mass is 9.92. The molecule has 116 valence electrons. The first-order valence-corrected chi connectivity index (χ1v) is 7.74. The van der Waals surface area contributed by atoms with Crippen LogP contribution in [0.15, 0.2) is 10.6 Å². The van der Waals surface area contributed by atoms with E-state index in [1.807, 2.05) is 0 Å². The van der Waals surface area contributed by atoms with Crippen LogP contribution in [0.2, 0.25) is 0 Å². The third kappa shape index (κ3) is 3.37. The Labute approximate surface area is 125 Å². The van der Waals surface area contributed by atoms with Crippen molar-refractivity contribution in [3.63, 3.8) is 0 Å². The predicted octanol–water partition coefficient (Wildman–Crippen LogP) is 2.84. The van der Waals surface area contributed by atoms with E-state index in [-0.39, 0.29) is 11.4 Å². The maximum atomic E-state index is 12.4. The molecule has 1 aliphatic heterocycles. The molecule has 0 aromatic carbocycles. The Hall–Kier alpha value is -1.56. The van der Waals surface area contributed by atoms with Crippen molar-refractivity contribution < 1.29 is 9.32 Å². The highest BCUT2D eigenvalue weighted by Crippen LogP contribution is 2.31. The van der Waals surface area contributed by atoms with Crippen LogP contribution in [-0.4, -0.2) is 40.8 Å².